The Labute approximate surface area is 170 Å². The first-order valence-corrected chi connectivity index (χ1v) is 9.79. The van der Waals surface area contributed by atoms with Crippen LogP contribution in [-0.2, 0) is 18.2 Å². The van der Waals surface area contributed by atoms with Crippen molar-refractivity contribution >= 4 is 22.9 Å². The Morgan fingerprint density at radius 3 is 2.66 bits per heavy atom. The number of pyridine rings is 1. The predicted octanol–water partition coefficient (Wildman–Crippen LogP) is 2.47. The first-order valence-electron chi connectivity index (χ1n) is 9.79. The highest BCUT2D eigenvalue weighted by Crippen LogP contribution is 2.42. The predicted molar refractivity (Wildman–Crippen MR) is 109 cm³/mol. The van der Waals surface area contributed by atoms with Gasteiger partial charge in [0.2, 0.25) is 0 Å². The maximum absolute atomic E-state index is 12.2. The number of amides is 1. The van der Waals surface area contributed by atoms with Crippen molar-refractivity contribution in [3.63, 3.8) is 0 Å². The number of carbonyl (C=O) groups is 1. The van der Waals surface area contributed by atoms with Crippen LogP contribution < -0.4 is 4.90 Å². The number of hydrogen-bond donors (Lipinski definition) is 0. The highest BCUT2D eigenvalue weighted by Gasteiger charge is 2.31. The number of anilines is 1. The van der Waals surface area contributed by atoms with Crippen molar-refractivity contribution in [2.45, 2.75) is 26.4 Å². The van der Waals surface area contributed by atoms with Gasteiger partial charge in [-0.25, -0.2) is 4.79 Å². The molecule has 8 nitrogen and oxygen atoms in total. The zero-order valence-corrected chi connectivity index (χ0v) is 16.9. The average Bonchev–Trinajstić information content (AvgIpc) is 3.30. The van der Waals surface area contributed by atoms with Gasteiger partial charge in [0.25, 0.3) is 0 Å². The number of allylic oxidation sites excluding steroid dienone is 2. The third-order valence-corrected chi connectivity index (χ3v) is 5.28. The van der Waals surface area contributed by atoms with Gasteiger partial charge < -0.3 is 14.5 Å². The Morgan fingerprint density at radius 1 is 1.28 bits per heavy atom. The van der Waals surface area contributed by atoms with E-state index in [2.05, 4.69) is 21.1 Å². The van der Waals surface area contributed by atoms with E-state index in [-0.39, 0.29) is 12.2 Å². The largest absolute Gasteiger partial charge is 0.447 e. The van der Waals surface area contributed by atoms with Crippen LogP contribution in [0.1, 0.15) is 30.7 Å². The second kappa shape index (κ2) is 7.59. The van der Waals surface area contributed by atoms with Gasteiger partial charge in [0, 0.05) is 68.9 Å². The number of nitriles is 1. The van der Waals surface area contributed by atoms with Crippen molar-refractivity contribution in [3.05, 3.63) is 41.5 Å². The van der Waals surface area contributed by atoms with Crippen molar-refractivity contribution in [1.29, 1.82) is 5.26 Å². The minimum Gasteiger partial charge on any atom is -0.447 e. The molecule has 0 radical (unpaired) electrons. The molecule has 0 unspecified atom stereocenters. The third-order valence-electron chi connectivity index (χ3n) is 5.28. The van der Waals surface area contributed by atoms with E-state index in [9.17, 15) is 10.1 Å². The number of nitrogens with zero attached hydrogens (tertiary/aromatic N) is 6. The normalized spacial score (nSPS) is 16.2. The molecule has 29 heavy (non-hydrogen) atoms. The second-order valence-corrected chi connectivity index (χ2v) is 7.60. The van der Waals surface area contributed by atoms with Crippen LogP contribution in [0.4, 0.5) is 10.5 Å². The molecule has 0 N–H and O–H groups in total. The zero-order valence-electron chi connectivity index (χ0n) is 16.9. The average molecular weight is 392 g/mol. The molecule has 0 spiro atoms. The molecule has 1 amide bonds. The minimum absolute atomic E-state index is 0.127. The van der Waals surface area contributed by atoms with E-state index >= 15 is 0 Å². The quantitative estimate of drug-likeness (QED) is 0.797. The SMILES string of the molecule is CC(C)OC(=O)N1CCN(c2ccnc3c2C(C#N)=C(c2cnn(C)c2)C3)CC1. The van der Waals surface area contributed by atoms with E-state index < -0.39 is 0 Å². The van der Waals surface area contributed by atoms with Gasteiger partial charge in [-0.15, -0.1) is 0 Å². The van der Waals surface area contributed by atoms with Crippen LogP contribution in [0.5, 0.6) is 0 Å². The number of hydrogen-bond acceptors (Lipinski definition) is 6. The fourth-order valence-corrected chi connectivity index (χ4v) is 3.92. The lowest BCUT2D eigenvalue weighted by Gasteiger charge is -2.36. The monoisotopic (exact) mass is 392 g/mol. The molecule has 1 aliphatic carbocycles. The smallest absolute Gasteiger partial charge is 0.410 e. The van der Waals surface area contributed by atoms with Gasteiger partial charge in [-0.1, -0.05) is 0 Å². The van der Waals surface area contributed by atoms with Gasteiger partial charge in [0.15, 0.2) is 0 Å². The molecule has 1 aliphatic heterocycles. The lowest BCUT2D eigenvalue weighted by molar-refractivity contribution is 0.0751. The van der Waals surface area contributed by atoms with Gasteiger partial charge in [-0.3, -0.25) is 9.67 Å². The van der Waals surface area contributed by atoms with Crippen LogP contribution in [-0.4, -0.2) is 58.0 Å². The first kappa shape index (κ1) is 19.0. The summed E-state index contributed by atoms with van der Waals surface area (Å²) < 4.78 is 7.04. The van der Waals surface area contributed by atoms with Crippen LogP contribution >= 0.6 is 0 Å². The van der Waals surface area contributed by atoms with Crippen LogP contribution in [0.15, 0.2) is 24.7 Å². The molecule has 0 atom stereocenters. The number of ether oxygens (including phenoxy) is 1. The van der Waals surface area contributed by atoms with E-state index in [1.165, 1.54) is 0 Å². The van der Waals surface area contributed by atoms with E-state index in [1.54, 1.807) is 22.0 Å². The van der Waals surface area contributed by atoms with Gasteiger partial charge in [-0.2, -0.15) is 10.4 Å². The molecule has 8 heteroatoms. The zero-order chi connectivity index (χ0) is 20.5. The summed E-state index contributed by atoms with van der Waals surface area (Å²) in [6.45, 7) is 6.25. The van der Waals surface area contributed by atoms with Crippen LogP contribution in [0, 0.1) is 11.3 Å². The van der Waals surface area contributed by atoms with Crippen molar-refractivity contribution in [2.24, 2.45) is 7.05 Å². The fourth-order valence-electron chi connectivity index (χ4n) is 3.92. The third kappa shape index (κ3) is 3.56. The summed E-state index contributed by atoms with van der Waals surface area (Å²) in [6, 6.07) is 4.36. The lowest BCUT2D eigenvalue weighted by atomic mass is 10.0. The Balaban J connectivity index is 1.60. The molecule has 1 saturated heterocycles. The summed E-state index contributed by atoms with van der Waals surface area (Å²) in [5.41, 5.74) is 5.41. The second-order valence-electron chi connectivity index (χ2n) is 7.60. The molecule has 0 bridgehead atoms. The maximum Gasteiger partial charge on any atom is 0.410 e. The molecule has 3 heterocycles. The molecule has 2 aliphatic rings. The Morgan fingerprint density at radius 2 is 2.03 bits per heavy atom. The summed E-state index contributed by atoms with van der Waals surface area (Å²) in [5, 5.41) is 14.2. The van der Waals surface area contributed by atoms with Crippen LogP contribution in [0.25, 0.3) is 11.1 Å². The Hall–Kier alpha value is -3.34. The molecule has 2 aromatic heterocycles. The summed E-state index contributed by atoms with van der Waals surface area (Å²) in [5.74, 6) is 0. The lowest BCUT2D eigenvalue weighted by Crippen LogP contribution is -2.49. The number of aryl methyl sites for hydroxylation is 1. The summed E-state index contributed by atoms with van der Waals surface area (Å²) in [4.78, 5) is 20.7. The van der Waals surface area contributed by atoms with Crippen molar-refractivity contribution in [2.75, 3.05) is 31.1 Å². The molecule has 0 saturated carbocycles. The molecule has 150 valence electrons. The van der Waals surface area contributed by atoms with E-state index in [0.29, 0.717) is 38.2 Å². The molecule has 2 aromatic rings. The Kier molecular flexibility index (Phi) is 4.97. The topological polar surface area (TPSA) is 87.3 Å². The molecular formula is C21H24N6O2. The molecule has 0 aromatic carbocycles. The Bertz CT molecular complexity index is 1010. The van der Waals surface area contributed by atoms with E-state index in [0.717, 1.165) is 28.1 Å². The van der Waals surface area contributed by atoms with Gasteiger partial charge in [0.05, 0.1) is 23.6 Å². The summed E-state index contributed by atoms with van der Waals surface area (Å²) >= 11 is 0. The highest BCUT2D eigenvalue weighted by molar-refractivity contribution is 6.05. The van der Waals surface area contributed by atoms with Gasteiger partial charge >= 0.3 is 6.09 Å². The van der Waals surface area contributed by atoms with Crippen molar-refractivity contribution in [1.82, 2.24) is 19.7 Å². The molecule has 1 fully saturated rings. The maximum atomic E-state index is 12.2. The van der Waals surface area contributed by atoms with Crippen molar-refractivity contribution < 1.29 is 9.53 Å². The van der Waals surface area contributed by atoms with Crippen LogP contribution in [0.3, 0.4) is 0 Å². The standard InChI is InChI=1S/C21H24N6O2/c1-14(2)29-21(28)27-8-6-26(7-9-27)19-4-5-23-18-10-16(17(11-22)20(18)19)15-12-24-25(3)13-15/h4-5,12-14H,6-10H2,1-3H3. The van der Waals surface area contributed by atoms with E-state index in [1.807, 2.05) is 33.2 Å². The number of carbonyl (C=O) groups excluding carboxylic acids is 1. The van der Waals surface area contributed by atoms with Gasteiger partial charge in [0.1, 0.15) is 6.07 Å². The summed E-state index contributed by atoms with van der Waals surface area (Å²) in [7, 11) is 1.87. The molecular weight excluding hydrogens is 368 g/mol. The molecule has 4 rings (SSSR count). The summed E-state index contributed by atoms with van der Waals surface area (Å²) in [6.07, 6.45) is 5.75. The minimum atomic E-state index is -0.268. The van der Waals surface area contributed by atoms with Crippen LogP contribution in [0.2, 0.25) is 0 Å². The number of piperazine rings is 1. The van der Waals surface area contributed by atoms with Crippen molar-refractivity contribution in [3.8, 4) is 6.07 Å². The number of fused-ring (bicyclic) bond motifs is 1. The highest BCUT2D eigenvalue weighted by atomic mass is 16.6. The van der Waals surface area contributed by atoms with E-state index in [4.69, 9.17) is 4.74 Å². The number of aromatic nitrogens is 3. The fraction of sp³-hybridized carbons (Fsp3) is 0.429. The number of rotatable bonds is 3. The first-order chi connectivity index (χ1) is 14.0. The van der Waals surface area contributed by atoms with Gasteiger partial charge in [-0.05, 0) is 25.5 Å².